The average Bonchev–Trinajstić information content (AvgIpc) is 2.94. The van der Waals surface area contributed by atoms with Gasteiger partial charge < -0.3 is 9.64 Å². The van der Waals surface area contributed by atoms with Gasteiger partial charge >= 0.3 is 0 Å². The van der Waals surface area contributed by atoms with E-state index in [4.69, 9.17) is 4.74 Å². The van der Waals surface area contributed by atoms with Crippen LogP contribution in [0.25, 0.3) is 0 Å². The smallest absolute Gasteiger partial charge is 0.108 e. The molecule has 0 aliphatic carbocycles. The molecule has 0 spiro atoms. The second-order valence-corrected chi connectivity index (χ2v) is 4.07. The molecule has 74 valence electrons. The SMILES string of the molecule is c1ccc(N2CCCC2)c([C@@H]2CO2)c1. The summed E-state index contributed by atoms with van der Waals surface area (Å²) in [7, 11) is 0. The third kappa shape index (κ3) is 1.40. The molecule has 2 aliphatic rings. The highest BCUT2D eigenvalue weighted by Crippen LogP contribution is 2.37. The minimum atomic E-state index is 0.381. The molecule has 2 heterocycles. The van der Waals surface area contributed by atoms with E-state index in [1.807, 2.05) is 0 Å². The molecule has 1 atom stereocenters. The van der Waals surface area contributed by atoms with Gasteiger partial charge in [-0.2, -0.15) is 0 Å². The highest BCUT2D eigenvalue weighted by atomic mass is 16.6. The minimum absolute atomic E-state index is 0.381. The lowest BCUT2D eigenvalue weighted by molar-refractivity contribution is 0.415. The maximum Gasteiger partial charge on any atom is 0.108 e. The monoisotopic (exact) mass is 189 g/mol. The van der Waals surface area contributed by atoms with Gasteiger partial charge in [-0.3, -0.25) is 0 Å². The second kappa shape index (κ2) is 3.28. The lowest BCUT2D eigenvalue weighted by atomic mass is 10.1. The van der Waals surface area contributed by atoms with Gasteiger partial charge in [0, 0.05) is 24.3 Å². The second-order valence-electron chi connectivity index (χ2n) is 4.07. The number of rotatable bonds is 2. The van der Waals surface area contributed by atoms with E-state index in [-0.39, 0.29) is 0 Å². The van der Waals surface area contributed by atoms with Gasteiger partial charge in [-0.25, -0.2) is 0 Å². The molecule has 0 saturated carbocycles. The van der Waals surface area contributed by atoms with E-state index in [0.29, 0.717) is 6.10 Å². The van der Waals surface area contributed by atoms with Crippen molar-refractivity contribution in [3.8, 4) is 0 Å². The molecule has 2 heteroatoms. The summed E-state index contributed by atoms with van der Waals surface area (Å²) in [6, 6.07) is 8.66. The minimum Gasteiger partial charge on any atom is -0.371 e. The van der Waals surface area contributed by atoms with Crippen LogP contribution < -0.4 is 4.90 Å². The van der Waals surface area contributed by atoms with Gasteiger partial charge in [0.1, 0.15) is 6.10 Å². The maximum absolute atomic E-state index is 5.37. The molecule has 1 aromatic carbocycles. The van der Waals surface area contributed by atoms with Crippen molar-refractivity contribution in [1.82, 2.24) is 0 Å². The normalized spacial score (nSPS) is 25.4. The first-order valence-corrected chi connectivity index (χ1v) is 5.40. The molecule has 3 rings (SSSR count). The number of nitrogens with zero attached hydrogens (tertiary/aromatic N) is 1. The number of para-hydroxylation sites is 1. The van der Waals surface area contributed by atoms with E-state index >= 15 is 0 Å². The zero-order valence-electron chi connectivity index (χ0n) is 8.28. The Labute approximate surface area is 84.5 Å². The van der Waals surface area contributed by atoms with Crippen molar-refractivity contribution in [2.45, 2.75) is 18.9 Å². The van der Waals surface area contributed by atoms with Crippen LogP contribution in [-0.4, -0.2) is 19.7 Å². The molecule has 0 radical (unpaired) electrons. The fourth-order valence-corrected chi connectivity index (χ4v) is 2.23. The van der Waals surface area contributed by atoms with Crippen molar-refractivity contribution in [2.24, 2.45) is 0 Å². The predicted octanol–water partition coefficient (Wildman–Crippen LogP) is 2.36. The Hall–Kier alpha value is -1.02. The van der Waals surface area contributed by atoms with Gasteiger partial charge in [-0.15, -0.1) is 0 Å². The molecule has 2 aliphatic heterocycles. The summed E-state index contributed by atoms with van der Waals surface area (Å²) >= 11 is 0. The Morgan fingerprint density at radius 2 is 1.86 bits per heavy atom. The fourth-order valence-electron chi connectivity index (χ4n) is 2.23. The van der Waals surface area contributed by atoms with Crippen molar-refractivity contribution in [2.75, 3.05) is 24.6 Å². The molecule has 1 aromatic rings. The van der Waals surface area contributed by atoms with E-state index in [9.17, 15) is 0 Å². The van der Waals surface area contributed by atoms with Gasteiger partial charge in [-0.05, 0) is 18.9 Å². The molecule has 0 N–H and O–H groups in total. The third-order valence-electron chi connectivity index (χ3n) is 3.06. The zero-order chi connectivity index (χ0) is 9.38. The van der Waals surface area contributed by atoms with Crippen LogP contribution in [0, 0.1) is 0 Å². The Bertz CT molecular complexity index is 327. The number of anilines is 1. The first-order chi connectivity index (χ1) is 6.95. The van der Waals surface area contributed by atoms with Crippen molar-refractivity contribution in [3.63, 3.8) is 0 Å². The van der Waals surface area contributed by atoms with E-state index in [1.165, 1.54) is 37.2 Å². The highest BCUT2D eigenvalue weighted by molar-refractivity contribution is 5.56. The lowest BCUT2D eigenvalue weighted by Gasteiger charge is -2.20. The number of hydrogen-bond donors (Lipinski definition) is 0. The quantitative estimate of drug-likeness (QED) is 0.664. The molecule has 0 bridgehead atoms. The lowest BCUT2D eigenvalue weighted by Crippen LogP contribution is -2.19. The summed E-state index contributed by atoms with van der Waals surface area (Å²) < 4.78 is 5.37. The van der Waals surface area contributed by atoms with E-state index in [2.05, 4.69) is 29.2 Å². The Morgan fingerprint density at radius 3 is 2.57 bits per heavy atom. The van der Waals surface area contributed by atoms with Crippen LogP contribution in [-0.2, 0) is 4.74 Å². The van der Waals surface area contributed by atoms with Crippen LogP contribution in [0.2, 0.25) is 0 Å². The van der Waals surface area contributed by atoms with Crippen molar-refractivity contribution < 1.29 is 4.74 Å². The molecule has 2 fully saturated rings. The predicted molar refractivity (Wildman–Crippen MR) is 56.6 cm³/mol. The molecular weight excluding hydrogens is 174 g/mol. The Morgan fingerprint density at radius 1 is 1.14 bits per heavy atom. The number of hydrogen-bond acceptors (Lipinski definition) is 2. The van der Waals surface area contributed by atoms with Crippen molar-refractivity contribution >= 4 is 5.69 Å². The largest absolute Gasteiger partial charge is 0.371 e. The summed E-state index contributed by atoms with van der Waals surface area (Å²) in [6.07, 6.45) is 3.05. The Kier molecular flexibility index (Phi) is 1.95. The summed E-state index contributed by atoms with van der Waals surface area (Å²) in [5.74, 6) is 0. The Balaban J connectivity index is 1.94. The molecule has 0 amide bonds. The summed E-state index contributed by atoms with van der Waals surface area (Å²) in [6.45, 7) is 3.33. The number of epoxide rings is 1. The van der Waals surface area contributed by atoms with Crippen LogP contribution in [0.15, 0.2) is 24.3 Å². The van der Waals surface area contributed by atoms with E-state index in [0.717, 1.165) is 6.61 Å². The van der Waals surface area contributed by atoms with Crippen LogP contribution in [0.5, 0.6) is 0 Å². The molecular formula is C12H15NO. The highest BCUT2D eigenvalue weighted by Gasteiger charge is 2.29. The standard InChI is InChI=1S/C12H15NO/c1-2-6-11(13-7-3-4-8-13)10(5-1)12-9-14-12/h1-2,5-6,12H,3-4,7-9H2/t12-/m0/s1. The molecule has 0 aromatic heterocycles. The first-order valence-electron chi connectivity index (χ1n) is 5.40. The van der Waals surface area contributed by atoms with Crippen molar-refractivity contribution in [3.05, 3.63) is 29.8 Å². The van der Waals surface area contributed by atoms with Crippen LogP contribution in [0.4, 0.5) is 5.69 Å². The van der Waals surface area contributed by atoms with E-state index < -0.39 is 0 Å². The summed E-state index contributed by atoms with van der Waals surface area (Å²) in [5.41, 5.74) is 2.78. The van der Waals surface area contributed by atoms with Crippen LogP contribution in [0.3, 0.4) is 0 Å². The number of benzene rings is 1. The van der Waals surface area contributed by atoms with E-state index in [1.54, 1.807) is 0 Å². The average molecular weight is 189 g/mol. The van der Waals surface area contributed by atoms with Gasteiger partial charge in [0.15, 0.2) is 0 Å². The molecule has 0 unspecified atom stereocenters. The molecule has 2 saturated heterocycles. The topological polar surface area (TPSA) is 15.8 Å². The molecule has 14 heavy (non-hydrogen) atoms. The zero-order valence-corrected chi connectivity index (χ0v) is 8.28. The van der Waals surface area contributed by atoms with Gasteiger partial charge in [0.25, 0.3) is 0 Å². The maximum atomic E-state index is 5.37. The van der Waals surface area contributed by atoms with Gasteiger partial charge in [0.2, 0.25) is 0 Å². The summed E-state index contributed by atoms with van der Waals surface area (Å²) in [5, 5.41) is 0. The third-order valence-corrected chi connectivity index (χ3v) is 3.06. The fraction of sp³-hybridized carbons (Fsp3) is 0.500. The van der Waals surface area contributed by atoms with Gasteiger partial charge in [-0.1, -0.05) is 18.2 Å². The summed E-state index contributed by atoms with van der Waals surface area (Å²) in [4.78, 5) is 2.48. The van der Waals surface area contributed by atoms with Crippen molar-refractivity contribution in [1.29, 1.82) is 0 Å². The van der Waals surface area contributed by atoms with Crippen LogP contribution in [0.1, 0.15) is 24.5 Å². The number of ether oxygens (including phenoxy) is 1. The molecule has 2 nitrogen and oxygen atoms in total. The van der Waals surface area contributed by atoms with Crippen LogP contribution >= 0.6 is 0 Å². The van der Waals surface area contributed by atoms with Gasteiger partial charge in [0.05, 0.1) is 6.61 Å². The first kappa shape index (κ1) is 8.30.